The highest BCUT2D eigenvalue weighted by Gasteiger charge is 2.25. The molecular weight excluding hydrogens is 338 g/mol. The lowest BCUT2D eigenvalue weighted by molar-refractivity contribution is 0.0951. The van der Waals surface area contributed by atoms with Crippen molar-refractivity contribution in [1.82, 2.24) is 24.8 Å². The number of hydrogen-bond acceptors (Lipinski definition) is 4. The van der Waals surface area contributed by atoms with Crippen LogP contribution in [0.5, 0.6) is 0 Å². The van der Waals surface area contributed by atoms with Crippen molar-refractivity contribution in [3.63, 3.8) is 0 Å². The molecule has 2 aliphatic carbocycles. The summed E-state index contributed by atoms with van der Waals surface area (Å²) in [6.07, 6.45) is 10.5. The Morgan fingerprint density at radius 3 is 2.70 bits per heavy atom. The van der Waals surface area contributed by atoms with Crippen molar-refractivity contribution in [3.8, 4) is 5.69 Å². The maximum absolute atomic E-state index is 12.5. The Labute approximate surface area is 158 Å². The Hall–Kier alpha value is -2.76. The number of benzene rings is 1. The minimum Gasteiger partial charge on any atom is -0.349 e. The van der Waals surface area contributed by atoms with E-state index in [1.165, 1.54) is 25.7 Å². The molecule has 2 saturated carbocycles. The number of nitrogens with zero attached hydrogens (tertiary/aromatic N) is 4. The summed E-state index contributed by atoms with van der Waals surface area (Å²) in [5, 5.41) is 3.06. The summed E-state index contributed by atoms with van der Waals surface area (Å²) in [6.45, 7) is 2.04. The molecule has 1 aromatic carbocycles. The number of hydrogen-bond donors (Lipinski definition) is 1. The molecule has 0 unspecified atom stereocenters. The molecule has 0 saturated heterocycles. The van der Waals surface area contributed by atoms with E-state index in [1.807, 2.05) is 36.0 Å². The van der Waals surface area contributed by atoms with E-state index in [2.05, 4.69) is 20.3 Å². The van der Waals surface area contributed by atoms with Crippen LogP contribution >= 0.6 is 0 Å². The molecule has 0 radical (unpaired) electrons. The molecule has 27 heavy (non-hydrogen) atoms. The summed E-state index contributed by atoms with van der Waals surface area (Å²) in [6, 6.07) is 6.15. The fourth-order valence-corrected chi connectivity index (χ4v) is 4.03. The van der Waals surface area contributed by atoms with Crippen LogP contribution in [-0.4, -0.2) is 31.5 Å². The standard InChI is InChI=1S/C21H23N5O/c1-13-6-7-15(21(27)25-16-8-9-16)10-17(13)26-12-24-19-18(14-4-2-3-5-14)22-11-23-20(19)26/h6-7,10-12,14,16H,2-5,8-9H2,1H3,(H,25,27). The Morgan fingerprint density at radius 1 is 1.11 bits per heavy atom. The molecule has 1 N–H and O–H groups in total. The van der Waals surface area contributed by atoms with Gasteiger partial charge < -0.3 is 5.32 Å². The molecule has 6 nitrogen and oxygen atoms in total. The van der Waals surface area contributed by atoms with Gasteiger partial charge in [-0.25, -0.2) is 15.0 Å². The van der Waals surface area contributed by atoms with Gasteiger partial charge in [-0.15, -0.1) is 0 Å². The molecule has 1 amide bonds. The van der Waals surface area contributed by atoms with Gasteiger partial charge in [0.1, 0.15) is 18.2 Å². The third kappa shape index (κ3) is 2.99. The minimum atomic E-state index is -0.00978. The molecule has 5 rings (SSSR count). The number of aryl methyl sites for hydroxylation is 1. The van der Waals surface area contributed by atoms with Gasteiger partial charge in [0.2, 0.25) is 0 Å². The number of aromatic nitrogens is 4. The highest BCUT2D eigenvalue weighted by molar-refractivity contribution is 5.95. The number of rotatable bonds is 4. The maximum atomic E-state index is 12.5. The Bertz CT molecular complexity index is 1010. The predicted molar refractivity (Wildman–Crippen MR) is 103 cm³/mol. The molecule has 2 aliphatic rings. The first-order chi connectivity index (χ1) is 13.2. The molecule has 138 valence electrons. The quantitative estimate of drug-likeness (QED) is 0.769. The second-order valence-electron chi connectivity index (χ2n) is 7.78. The van der Waals surface area contributed by atoms with E-state index in [-0.39, 0.29) is 5.91 Å². The highest BCUT2D eigenvalue weighted by atomic mass is 16.1. The summed E-state index contributed by atoms with van der Waals surface area (Å²) in [5.41, 5.74) is 5.47. The zero-order valence-electron chi connectivity index (χ0n) is 15.5. The second-order valence-corrected chi connectivity index (χ2v) is 7.78. The number of carbonyl (C=O) groups excluding carboxylic acids is 1. The molecular formula is C21H23N5O. The lowest BCUT2D eigenvalue weighted by atomic mass is 10.0. The van der Waals surface area contributed by atoms with Crippen molar-refractivity contribution >= 4 is 17.1 Å². The monoisotopic (exact) mass is 361 g/mol. The summed E-state index contributed by atoms with van der Waals surface area (Å²) >= 11 is 0. The van der Waals surface area contributed by atoms with Crippen LogP contribution in [0.25, 0.3) is 16.9 Å². The molecule has 2 aromatic heterocycles. The molecule has 0 atom stereocenters. The Morgan fingerprint density at radius 2 is 1.93 bits per heavy atom. The predicted octanol–water partition coefficient (Wildman–Crippen LogP) is 3.67. The highest BCUT2D eigenvalue weighted by Crippen LogP contribution is 2.35. The van der Waals surface area contributed by atoms with Crippen molar-refractivity contribution in [1.29, 1.82) is 0 Å². The van der Waals surface area contributed by atoms with Gasteiger partial charge in [-0.1, -0.05) is 18.9 Å². The van der Waals surface area contributed by atoms with Gasteiger partial charge in [0.15, 0.2) is 5.65 Å². The van der Waals surface area contributed by atoms with E-state index < -0.39 is 0 Å². The average molecular weight is 361 g/mol. The van der Waals surface area contributed by atoms with Crippen molar-refractivity contribution in [2.75, 3.05) is 0 Å². The van der Waals surface area contributed by atoms with Gasteiger partial charge >= 0.3 is 0 Å². The largest absolute Gasteiger partial charge is 0.349 e. The second kappa shape index (κ2) is 6.44. The lowest BCUT2D eigenvalue weighted by Crippen LogP contribution is -2.25. The molecule has 0 aliphatic heterocycles. The number of nitrogens with one attached hydrogen (secondary N) is 1. The number of fused-ring (bicyclic) bond motifs is 1. The molecule has 6 heteroatoms. The minimum absolute atomic E-state index is 0.00978. The van der Waals surface area contributed by atoms with Gasteiger partial charge in [-0.05, 0) is 50.3 Å². The SMILES string of the molecule is Cc1ccc(C(=O)NC2CC2)cc1-n1cnc2c(C3CCCC3)ncnc21. The van der Waals surface area contributed by atoms with E-state index in [0.29, 0.717) is 17.5 Å². The topological polar surface area (TPSA) is 72.7 Å². The molecule has 0 bridgehead atoms. The first-order valence-electron chi connectivity index (χ1n) is 9.80. The normalized spacial score (nSPS) is 17.5. The fourth-order valence-electron chi connectivity index (χ4n) is 4.03. The average Bonchev–Trinajstić information content (AvgIpc) is 3.17. The summed E-state index contributed by atoms with van der Waals surface area (Å²) in [5.74, 6) is 0.472. The van der Waals surface area contributed by atoms with E-state index in [0.717, 1.165) is 41.0 Å². The van der Waals surface area contributed by atoms with Crippen molar-refractivity contribution < 1.29 is 4.79 Å². The third-order valence-corrected chi connectivity index (χ3v) is 5.75. The van der Waals surface area contributed by atoms with Gasteiger partial charge in [0, 0.05) is 17.5 Å². The Kier molecular flexibility index (Phi) is 3.92. The lowest BCUT2D eigenvalue weighted by Gasteiger charge is -2.12. The zero-order chi connectivity index (χ0) is 18.4. The van der Waals surface area contributed by atoms with Crippen molar-refractivity contribution in [3.05, 3.63) is 47.7 Å². The summed E-state index contributed by atoms with van der Waals surface area (Å²) in [7, 11) is 0. The molecule has 2 heterocycles. The van der Waals surface area contributed by atoms with Crippen LogP contribution in [-0.2, 0) is 0 Å². The number of amides is 1. The van der Waals surface area contributed by atoms with Gasteiger partial charge in [0.05, 0.1) is 11.4 Å². The van der Waals surface area contributed by atoms with Gasteiger partial charge in [-0.2, -0.15) is 0 Å². The van der Waals surface area contributed by atoms with E-state index >= 15 is 0 Å². The number of imidazole rings is 1. The van der Waals surface area contributed by atoms with Gasteiger partial charge in [-0.3, -0.25) is 9.36 Å². The maximum Gasteiger partial charge on any atom is 0.251 e. The van der Waals surface area contributed by atoms with Gasteiger partial charge in [0.25, 0.3) is 5.91 Å². The molecule has 2 fully saturated rings. The smallest absolute Gasteiger partial charge is 0.251 e. The van der Waals surface area contributed by atoms with E-state index in [4.69, 9.17) is 0 Å². The Balaban J connectivity index is 1.57. The van der Waals surface area contributed by atoms with Crippen LogP contribution in [0.1, 0.15) is 66.1 Å². The summed E-state index contributed by atoms with van der Waals surface area (Å²) in [4.78, 5) is 26.2. The van der Waals surface area contributed by atoms with Crippen LogP contribution in [0.2, 0.25) is 0 Å². The van der Waals surface area contributed by atoms with Crippen molar-refractivity contribution in [2.45, 2.75) is 57.4 Å². The van der Waals surface area contributed by atoms with Crippen LogP contribution in [0.4, 0.5) is 0 Å². The van der Waals surface area contributed by atoms with Crippen molar-refractivity contribution in [2.24, 2.45) is 0 Å². The van der Waals surface area contributed by atoms with E-state index in [9.17, 15) is 4.79 Å². The first-order valence-corrected chi connectivity index (χ1v) is 9.80. The number of carbonyl (C=O) groups is 1. The van der Waals surface area contributed by atoms with Crippen LogP contribution < -0.4 is 5.32 Å². The first kappa shape index (κ1) is 16.4. The third-order valence-electron chi connectivity index (χ3n) is 5.75. The fraction of sp³-hybridized carbons (Fsp3) is 0.429. The van der Waals surface area contributed by atoms with Crippen LogP contribution in [0, 0.1) is 6.92 Å². The van der Waals surface area contributed by atoms with Crippen LogP contribution in [0.3, 0.4) is 0 Å². The molecule has 0 spiro atoms. The molecule has 3 aromatic rings. The van der Waals surface area contributed by atoms with E-state index in [1.54, 1.807) is 6.33 Å². The zero-order valence-corrected chi connectivity index (χ0v) is 15.5. The summed E-state index contributed by atoms with van der Waals surface area (Å²) < 4.78 is 1.98. The van der Waals surface area contributed by atoms with Crippen LogP contribution in [0.15, 0.2) is 30.9 Å².